The van der Waals surface area contributed by atoms with E-state index in [4.69, 9.17) is 4.74 Å². The van der Waals surface area contributed by atoms with Crippen LogP contribution in [0.15, 0.2) is 34.7 Å². The molecule has 0 radical (unpaired) electrons. The van der Waals surface area contributed by atoms with Crippen molar-refractivity contribution in [2.45, 2.75) is 24.2 Å². The van der Waals surface area contributed by atoms with Gasteiger partial charge >= 0.3 is 0 Å². The summed E-state index contributed by atoms with van der Waals surface area (Å²) in [5.74, 6) is -0.0283. The largest absolute Gasteiger partial charge is 0.495 e. The van der Waals surface area contributed by atoms with Crippen LogP contribution in [0.1, 0.15) is 29.6 Å². The number of hydrogen-bond donors (Lipinski definition) is 2. The number of carbonyl (C=O) groups is 1. The zero-order valence-corrected chi connectivity index (χ0v) is 15.8. The molecule has 1 saturated heterocycles. The first-order chi connectivity index (χ1) is 12.5. The number of nitrogens with one attached hydrogen (secondary N) is 2. The van der Waals surface area contributed by atoms with Crippen LogP contribution < -0.4 is 15.4 Å². The van der Waals surface area contributed by atoms with E-state index in [1.807, 2.05) is 0 Å². The molecule has 1 fully saturated rings. The molecular weight excluding hydrogens is 354 g/mol. The molecule has 0 aliphatic carbocycles. The van der Waals surface area contributed by atoms with Gasteiger partial charge in [-0.3, -0.25) is 4.79 Å². The van der Waals surface area contributed by atoms with E-state index in [9.17, 15) is 13.2 Å². The fourth-order valence-corrected chi connectivity index (χ4v) is 4.91. The lowest BCUT2D eigenvalue weighted by Crippen LogP contribution is -2.30. The monoisotopic (exact) mass is 379 g/mol. The molecular formula is C18H25N3O4S. The fraction of sp³-hybridized carbons (Fsp3) is 0.500. The van der Waals surface area contributed by atoms with Crippen molar-refractivity contribution < 1.29 is 17.9 Å². The Morgan fingerprint density at radius 3 is 2.73 bits per heavy atom. The zero-order valence-electron chi connectivity index (χ0n) is 15.0. The van der Waals surface area contributed by atoms with Gasteiger partial charge in [0.05, 0.1) is 7.11 Å². The average molecular weight is 379 g/mol. The van der Waals surface area contributed by atoms with Crippen molar-refractivity contribution in [1.82, 2.24) is 14.9 Å². The maximum Gasteiger partial charge on any atom is 0.251 e. The predicted octanol–water partition coefficient (Wildman–Crippen LogP) is 1.13. The van der Waals surface area contributed by atoms with Crippen LogP contribution in [0.5, 0.6) is 5.75 Å². The van der Waals surface area contributed by atoms with Gasteiger partial charge in [0.1, 0.15) is 10.6 Å². The van der Waals surface area contributed by atoms with Gasteiger partial charge in [-0.15, -0.1) is 0 Å². The lowest BCUT2D eigenvalue weighted by molar-refractivity contribution is 0.0956. The third-order valence-electron chi connectivity index (χ3n) is 4.74. The van der Waals surface area contributed by atoms with Gasteiger partial charge in [-0.25, -0.2) is 8.42 Å². The number of amides is 1. The van der Waals surface area contributed by atoms with Gasteiger partial charge in [0.15, 0.2) is 0 Å². The molecule has 7 nitrogen and oxygen atoms in total. The summed E-state index contributed by atoms with van der Waals surface area (Å²) in [5, 5.41) is 6.09. The van der Waals surface area contributed by atoms with E-state index in [2.05, 4.69) is 16.7 Å². The van der Waals surface area contributed by atoms with E-state index in [-0.39, 0.29) is 16.6 Å². The van der Waals surface area contributed by atoms with Gasteiger partial charge in [-0.05, 0) is 44.0 Å². The second-order valence-electron chi connectivity index (χ2n) is 6.48. The Labute approximate surface area is 154 Å². The summed E-state index contributed by atoms with van der Waals surface area (Å²) in [4.78, 5) is 12.5. The lowest BCUT2D eigenvalue weighted by atomic mass is 10.1. The van der Waals surface area contributed by atoms with Gasteiger partial charge in [0, 0.05) is 31.7 Å². The smallest absolute Gasteiger partial charge is 0.251 e. The van der Waals surface area contributed by atoms with Crippen molar-refractivity contribution >= 4 is 15.9 Å². The third kappa shape index (κ3) is 4.08. The molecule has 8 heteroatoms. The maximum atomic E-state index is 12.9. The summed E-state index contributed by atoms with van der Waals surface area (Å²) in [6.45, 7) is 3.20. The number of rotatable bonds is 6. The number of hydrogen-bond acceptors (Lipinski definition) is 5. The fourth-order valence-electron chi connectivity index (χ4n) is 3.21. The SMILES string of the molecule is COc1ccc(C(=O)NCC2=CCNCC2)cc1S(=O)(=O)N1CCCC1. The summed E-state index contributed by atoms with van der Waals surface area (Å²) >= 11 is 0. The molecule has 1 aromatic rings. The van der Waals surface area contributed by atoms with Crippen molar-refractivity contribution in [1.29, 1.82) is 0 Å². The molecule has 2 N–H and O–H groups in total. The number of methoxy groups -OCH3 is 1. The van der Waals surface area contributed by atoms with Crippen LogP contribution in [0.4, 0.5) is 0 Å². The Kier molecular flexibility index (Phi) is 5.95. The van der Waals surface area contributed by atoms with Crippen LogP contribution in [0.3, 0.4) is 0 Å². The molecule has 142 valence electrons. The Balaban J connectivity index is 1.80. The Morgan fingerprint density at radius 2 is 2.08 bits per heavy atom. The van der Waals surface area contributed by atoms with Crippen LogP contribution in [-0.4, -0.2) is 58.5 Å². The molecule has 1 aromatic carbocycles. The number of nitrogens with zero attached hydrogens (tertiary/aromatic N) is 1. The highest BCUT2D eigenvalue weighted by molar-refractivity contribution is 7.89. The zero-order chi connectivity index (χ0) is 18.6. The highest BCUT2D eigenvalue weighted by Crippen LogP contribution is 2.29. The number of benzene rings is 1. The molecule has 1 amide bonds. The van der Waals surface area contributed by atoms with Crippen LogP contribution in [-0.2, 0) is 10.0 Å². The first-order valence-electron chi connectivity index (χ1n) is 8.87. The molecule has 0 unspecified atom stereocenters. The molecule has 0 aromatic heterocycles. The van der Waals surface area contributed by atoms with Crippen molar-refractivity contribution in [2.24, 2.45) is 0 Å². The van der Waals surface area contributed by atoms with Gasteiger partial charge < -0.3 is 15.4 Å². The topological polar surface area (TPSA) is 87.7 Å². The Morgan fingerprint density at radius 1 is 1.31 bits per heavy atom. The first-order valence-corrected chi connectivity index (χ1v) is 10.3. The van der Waals surface area contributed by atoms with Gasteiger partial charge in [0.2, 0.25) is 10.0 Å². The molecule has 0 spiro atoms. The summed E-state index contributed by atoms with van der Waals surface area (Å²) in [7, 11) is -2.23. The molecule has 2 aliphatic heterocycles. The summed E-state index contributed by atoms with van der Waals surface area (Å²) in [5.41, 5.74) is 1.49. The van der Waals surface area contributed by atoms with Crippen LogP contribution in [0.25, 0.3) is 0 Å². The van der Waals surface area contributed by atoms with E-state index >= 15 is 0 Å². The van der Waals surface area contributed by atoms with Crippen LogP contribution in [0.2, 0.25) is 0 Å². The van der Waals surface area contributed by atoms with E-state index < -0.39 is 10.0 Å². The van der Waals surface area contributed by atoms with Gasteiger partial charge in [-0.1, -0.05) is 11.6 Å². The molecule has 2 heterocycles. The number of carbonyl (C=O) groups excluding carboxylic acids is 1. The van der Waals surface area contributed by atoms with E-state index in [0.29, 0.717) is 25.2 Å². The minimum atomic E-state index is -3.66. The third-order valence-corrected chi connectivity index (χ3v) is 6.66. The van der Waals surface area contributed by atoms with Crippen molar-refractivity contribution in [3.8, 4) is 5.75 Å². The summed E-state index contributed by atoms with van der Waals surface area (Å²) < 4.78 is 32.5. The summed E-state index contributed by atoms with van der Waals surface area (Å²) in [6, 6.07) is 4.55. The highest BCUT2D eigenvalue weighted by atomic mass is 32.2. The molecule has 26 heavy (non-hydrogen) atoms. The molecule has 2 aliphatic rings. The van der Waals surface area contributed by atoms with Crippen molar-refractivity contribution in [3.63, 3.8) is 0 Å². The normalized spacial score (nSPS) is 18.4. The second kappa shape index (κ2) is 8.20. The summed E-state index contributed by atoms with van der Waals surface area (Å²) in [6.07, 6.45) is 4.68. The standard InChI is InChI=1S/C18H25N3O4S/c1-25-16-5-4-15(18(22)20-13-14-6-8-19-9-7-14)12-17(16)26(23,24)21-10-2-3-11-21/h4-6,12,19H,2-3,7-11,13H2,1H3,(H,20,22). The van der Waals surface area contributed by atoms with Gasteiger partial charge in [0.25, 0.3) is 5.91 Å². The number of ether oxygens (including phenoxy) is 1. The Bertz CT molecular complexity index is 799. The maximum absolute atomic E-state index is 12.9. The van der Waals surface area contributed by atoms with Crippen LogP contribution in [0, 0.1) is 0 Å². The minimum absolute atomic E-state index is 0.0515. The second-order valence-corrected chi connectivity index (χ2v) is 8.38. The molecule has 3 rings (SSSR count). The first kappa shape index (κ1) is 18.9. The van der Waals surface area contributed by atoms with Crippen LogP contribution >= 0.6 is 0 Å². The Hall–Kier alpha value is -1.90. The van der Waals surface area contributed by atoms with Crippen molar-refractivity contribution in [2.75, 3.05) is 39.8 Å². The molecule has 0 bridgehead atoms. The molecule has 0 saturated carbocycles. The van der Waals surface area contributed by atoms with E-state index in [1.54, 1.807) is 12.1 Å². The predicted molar refractivity (Wildman–Crippen MR) is 98.9 cm³/mol. The van der Waals surface area contributed by atoms with Crippen molar-refractivity contribution in [3.05, 3.63) is 35.4 Å². The average Bonchev–Trinajstić information content (AvgIpc) is 3.22. The number of sulfonamides is 1. The van der Waals surface area contributed by atoms with E-state index in [0.717, 1.165) is 32.4 Å². The highest BCUT2D eigenvalue weighted by Gasteiger charge is 2.30. The lowest BCUT2D eigenvalue weighted by Gasteiger charge is -2.18. The quantitative estimate of drug-likeness (QED) is 0.724. The minimum Gasteiger partial charge on any atom is -0.495 e. The van der Waals surface area contributed by atoms with E-state index in [1.165, 1.54) is 23.1 Å². The van der Waals surface area contributed by atoms with Gasteiger partial charge in [-0.2, -0.15) is 4.31 Å². The molecule has 0 atom stereocenters.